The van der Waals surface area contributed by atoms with E-state index < -0.39 is 12.0 Å². The van der Waals surface area contributed by atoms with Gasteiger partial charge in [-0.3, -0.25) is 9.59 Å². The molecule has 2 atom stereocenters. The summed E-state index contributed by atoms with van der Waals surface area (Å²) in [7, 11) is 0. The zero-order valence-corrected chi connectivity index (χ0v) is 22.7. The molecule has 0 radical (unpaired) electrons. The van der Waals surface area contributed by atoms with E-state index in [1.807, 2.05) is 76.5 Å². The second-order valence-electron chi connectivity index (χ2n) is 10.9. The quantitative estimate of drug-likeness (QED) is 0.487. The van der Waals surface area contributed by atoms with Gasteiger partial charge in [-0.15, -0.1) is 0 Å². The normalized spacial score (nSPS) is 25.4. The summed E-state index contributed by atoms with van der Waals surface area (Å²) in [5.41, 5.74) is 3.48. The van der Waals surface area contributed by atoms with Gasteiger partial charge in [-0.05, 0) is 67.1 Å². The highest BCUT2D eigenvalue weighted by molar-refractivity contribution is 6.30. The molecule has 6 nitrogen and oxygen atoms in total. The lowest BCUT2D eigenvalue weighted by Gasteiger charge is -2.48. The van der Waals surface area contributed by atoms with Crippen molar-refractivity contribution >= 4 is 29.1 Å². The number of benzene rings is 3. The minimum Gasteiger partial charge on any atom is -0.393 e. The highest BCUT2D eigenvalue weighted by Gasteiger charge is 2.48. The van der Waals surface area contributed by atoms with Crippen molar-refractivity contribution in [1.82, 2.24) is 9.80 Å². The van der Waals surface area contributed by atoms with Crippen LogP contribution in [0.1, 0.15) is 59.1 Å². The fourth-order valence-electron chi connectivity index (χ4n) is 6.59. The summed E-state index contributed by atoms with van der Waals surface area (Å²) < 4.78 is 0. The van der Waals surface area contributed by atoms with E-state index >= 15 is 0 Å². The van der Waals surface area contributed by atoms with E-state index in [1.165, 1.54) is 5.69 Å². The highest BCUT2D eigenvalue weighted by Crippen LogP contribution is 2.46. The molecule has 2 aliphatic heterocycles. The van der Waals surface area contributed by atoms with Gasteiger partial charge in [0.25, 0.3) is 5.91 Å². The predicted molar refractivity (Wildman–Crippen MR) is 153 cm³/mol. The van der Waals surface area contributed by atoms with Crippen LogP contribution in [-0.2, 0) is 4.79 Å². The van der Waals surface area contributed by atoms with E-state index in [0.29, 0.717) is 36.5 Å². The molecule has 2 heterocycles. The number of halogens is 1. The number of aliphatic hydroxyl groups excluding tert-OH is 1. The van der Waals surface area contributed by atoms with Crippen molar-refractivity contribution < 1.29 is 14.7 Å². The third kappa shape index (κ3) is 5.04. The van der Waals surface area contributed by atoms with Gasteiger partial charge in [0.1, 0.15) is 0 Å². The number of para-hydroxylation sites is 1. The molecule has 0 unspecified atom stereocenters. The van der Waals surface area contributed by atoms with Crippen LogP contribution >= 0.6 is 11.6 Å². The maximum Gasteiger partial charge on any atom is 0.254 e. The number of hydrogen-bond acceptors (Lipinski definition) is 4. The third-order valence-electron chi connectivity index (χ3n) is 8.63. The number of anilines is 1. The highest BCUT2D eigenvalue weighted by atomic mass is 35.5. The maximum atomic E-state index is 14.5. The van der Waals surface area contributed by atoms with E-state index in [0.717, 1.165) is 37.1 Å². The molecule has 6 rings (SSSR count). The van der Waals surface area contributed by atoms with E-state index in [4.69, 9.17) is 11.6 Å². The summed E-state index contributed by atoms with van der Waals surface area (Å²) in [6.07, 6.45) is 2.42. The summed E-state index contributed by atoms with van der Waals surface area (Å²) in [5.74, 6) is -0.497. The second-order valence-corrected chi connectivity index (χ2v) is 11.3. The van der Waals surface area contributed by atoms with Crippen LogP contribution < -0.4 is 4.90 Å². The molecule has 1 saturated carbocycles. The number of fused-ring (bicyclic) bond motifs is 1. The first-order chi connectivity index (χ1) is 19.0. The van der Waals surface area contributed by atoms with Gasteiger partial charge in [0.15, 0.2) is 0 Å². The molecule has 1 saturated heterocycles. The molecule has 1 N–H and O–H groups in total. The Morgan fingerprint density at radius 1 is 0.795 bits per heavy atom. The molecule has 1 aliphatic carbocycles. The Labute approximate surface area is 234 Å². The van der Waals surface area contributed by atoms with Gasteiger partial charge in [-0.25, -0.2) is 0 Å². The van der Waals surface area contributed by atoms with Crippen molar-refractivity contribution in [3.8, 4) is 0 Å². The fraction of sp³-hybridized carbons (Fsp3) is 0.375. The lowest BCUT2D eigenvalue weighted by Crippen LogP contribution is -2.55. The summed E-state index contributed by atoms with van der Waals surface area (Å²) in [5, 5.41) is 10.8. The molecule has 2 fully saturated rings. The Morgan fingerprint density at radius 3 is 2.13 bits per heavy atom. The van der Waals surface area contributed by atoms with Crippen LogP contribution in [0.2, 0.25) is 5.02 Å². The summed E-state index contributed by atoms with van der Waals surface area (Å²) >= 11 is 6.26. The molecule has 3 aromatic rings. The second kappa shape index (κ2) is 11.0. The predicted octanol–water partition coefficient (Wildman–Crippen LogP) is 5.27. The van der Waals surface area contributed by atoms with Gasteiger partial charge in [-0.1, -0.05) is 60.1 Å². The van der Waals surface area contributed by atoms with Gasteiger partial charge in [-0.2, -0.15) is 0 Å². The SMILES string of the molecule is O=C([C@@H]1c2ccccc2C(=O)N(C2CCC(O)CC2)[C@H]1c1ccc(Cl)cc1)N1CCN(c2ccccc2)CC1. The van der Waals surface area contributed by atoms with Crippen molar-refractivity contribution in [3.05, 3.63) is 101 Å². The molecule has 202 valence electrons. The van der Waals surface area contributed by atoms with Crippen LogP contribution in [0.5, 0.6) is 0 Å². The number of aliphatic hydroxyl groups is 1. The van der Waals surface area contributed by atoms with E-state index in [9.17, 15) is 14.7 Å². The lowest BCUT2D eigenvalue weighted by atomic mass is 9.76. The number of hydrogen-bond donors (Lipinski definition) is 1. The molecule has 39 heavy (non-hydrogen) atoms. The fourth-order valence-corrected chi connectivity index (χ4v) is 6.72. The van der Waals surface area contributed by atoms with Crippen LogP contribution in [0.25, 0.3) is 0 Å². The van der Waals surface area contributed by atoms with E-state index in [1.54, 1.807) is 0 Å². The minimum atomic E-state index is -0.518. The van der Waals surface area contributed by atoms with Gasteiger partial charge < -0.3 is 19.8 Å². The molecule has 2 amide bonds. The molecule has 0 spiro atoms. The van der Waals surface area contributed by atoms with Crippen LogP contribution in [-0.4, -0.2) is 65.0 Å². The number of carbonyl (C=O) groups is 2. The Kier molecular flexibility index (Phi) is 7.32. The molecular weight excluding hydrogens is 510 g/mol. The number of nitrogens with zero attached hydrogens (tertiary/aromatic N) is 3. The van der Waals surface area contributed by atoms with E-state index in [-0.39, 0.29) is 24.0 Å². The number of piperazine rings is 1. The number of carbonyl (C=O) groups excluding carboxylic acids is 2. The molecule has 7 heteroatoms. The van der Waals surface area contributed by atoms with Gasteiger partial charge >= 0.3 is 0 Å². The summed E-state index contributed by atoms with van der Waals surface area (Å²) in [6.45, 7) is 2.78. The van der Waals surface area contributed by atoms with E-state index in [2.05, 4.69) is 17.0 Å². The van der Waals surface area contributed by atoms with Crippen molar-refractivity contribution in [3.63, 3.8) is 0 Å². The summed E-state index contributed by atoms with van der Waals surface area (Å²) in [4.78, 5) is 34.8. The molecule has 3 aromatic carbocycles. The molecule has 3 aliphatic rings. The zero-order chi connectivity index (χ0) is 26.9. The Hall–Kier alpha value is -3.35. The lowest BCUT2D eigenvalue weighted by molar-refractivity contribution is -0.135. The smallest absolute Gasteiger partial charge is 0.254 e. The summed E-state index contributed by atoms with van der Waals surface area (Å²) in [6, 6.07) is 25.0. The number of amides is 2. The van der Waals surface area contributed by atoms with Crippen LogP contribution in [0.4, 0.5) is 5.69 Å². The largest absolute Gasteiger partial charge is 0.393 e. The maximum absolute atomic E-state index is 14.5. The first kappa shape index (κ1) is 25.9. The average Bonchev–Trinajstić information content (AvgIpc) is 2.98. The first-order valence-electron chi connectivity index (χ1n) is 13.9. The van der Waals surface area contributed by atoms with Crippen molar-refractivity contribution in [2.24, 2.45) is 0 Å². The standard InChI is InChI=1S/C32H34ClN3O3/c33-23-12-10-22(11-13-23)30-29(32(39)35-20-18-34(19-21-35)24-6-2-1-3-7-24)27-8-4-5-9-28(27)31(38)36(30)25-14-16-26(37)17-15-25/h1-13,25-26,29-30,37H,14-21H2/t25?,26?,29-,30+/m1/s1. The first-order valence-corrected chi connectivity index (χ1v) is 14.3. The Morgan fingerprint density at radius 2 is 1.44 bits per heavy atom. The third-order valence-corrected chi connectivity index (χ3v) is 8.88. The minimum absolute atomic E-state index is 0.0371. The van der Waals surface area contributed by atoms with Gasteiger partial charge in [0, 0.05) is 48.5 Å². The van der Waals surface area contributed by atoms with Crippen molar-refractivity contribution in [2.45, 2.75) is 49.8 Å². The Bertz CT molecular complexity index is 1320. The molecular formula is C32H34ClN3O3. The van der Waals surface area contributed by atoms with Gasteiger partial charge in [0.2, 0.25) is 5.91 Å². The zero-order valence-electron chi connectivity index (χ0n) is 22.0. The number of rotatable bonds is 4. The topological polar surface area (TPSA) is 64.1 Å². The van der Waals surface area contributed by atoms with Gasteiger partial charge in [0.05, 0.1) is 18.1 Å². The Balaban J connectivity index is 1.37. The van der Waals surface area contributed by atoms with Crippen molar-refractivity contribution in [1.29, 1.82) is 0 Å². The van der Waals surface area contributed by atoms with Crippen LogP contribution in [0.15, 0.2) is 78.9 Å². The van der Waals surface area contributed by atoms with Crippen LogP contribution in [0.3, 0.4) is 0 Å². The monoisotopic (exact) mass is 543 g/mol. The average molecular weight is 544 g/mol. The van der Waals surface area contributed by atoms with Crippen molar-refractivity contribution in [2.75, 3.05) is 31.1 Å². The molecule has 0 bridgehead atoms. The van der Waals surface area contributed by atoms with Crippen LogP contribution in [0, 0.1) is 0 Å². The molecule has 0 aromatic heterocycles.